The van der Waals surface area contributed by atoms with E-state index in [1.165, 1.54) is 0 Å². The van der Waals surface area contributed by atoms with Gasteiger partial charge in [0, 0.05) is 12.8 Å². The number of ether oxygens (including phenoxy) is 1. The molecule has 0 fully saturated rings. The number of hydrogen-bond donors (Lipinski definition) is 0. The van der Waals surface area contributed by atoms with Crippen LogP contribution in [0.15, 0.2) is 11.6 Å². The Bertz CT molecular complexity index is 279. The molecule has 16 heavy (non-hydrogen) atoms. The van der Waals surface area contributed by atoms with E-state index in [0.29, 0.717) is 25.2 Å². The highest BCUT2D eigenvalue weighted by Crippen LogP contribution is 2.19. The molecule has 0 aromatic rings. The molecule has 0 spiro atoms. The summed E-state index contributed by atoms with van der Waals surface area (Å²) in [6.45, 7) is 2.27. The molecule has 0 aromatic heterocycles. The molecule has 0 heterocycles. The summed E-state index contributed by atoms with van der Waals surface area (Å²) in [5.74, 6) is 0.198. The summed E-state index contributed by atoms with van der Waals surface area (Å²) in [4.78, 5) is 22.3. The summed E-state index contributed by atoms with van der Waals surface area (Å²) in [6.07, 6.45) is 7.88. The molecule has 0 saturated carbocycles. The fourth-order valence-corrected chi connectivity index (χ4v) is 1.89. The lowest BCUT2D eigenvalue weighted by atomic mass is 10.1. The minimum Gasteiger partial charge on any atom is -0.466 e. The number of esters is 1. The predicted octanol–water partition coefficient (Wildman–Crippen LogP) is 2.79. The van der Waals surface area contributed by atoms with Gasteiger partial charge < -0.3 is 4.74 Å². The Morgan fingerprint density at radius 2 is 2.19 bits per heavy atom. The number of rotatable bonds is 7. The first-order valence-electron chi connectivity index (χ1n) is 6.12. The largest absolute Gasteiger partial charge is 0.466 e. The third-order valence-electron chi connectivity index (χ3n) is 2.75. The molecule has 1 rings (SSSR count). The zero-order chi connectivity index (χ0) is 11.8. The first-order valence-corrected chi connectivity index (χ1v) is 6.12. The minimum absolute atomic E-state index is 0.112. The molecule has 0 unspecified atom stereocenters. The van der Waals surface area contributed by atoms with Gasteiger partial charge in [-0.3, -0.25) is 9.59 Å². The third kappa shape index (κ3) is 4.60. The highest BCUT2D eigenvalue weighted by atomic mass is 16.5. The van der Waals surface area contributed by atoms with Gasteiger partial charge in [-0.1, -0.05) is 12.5 Å². The first kappa shape index (κ1) is 12.9. The van der Waals surface area contributed by atoms with E-state index < -0.39 is 0 Å². The highest BCUT2D eigenvalue weighted by molar-refractivity contribution is 5.97. The van der Waals surface area contributed by atoms with Gasteiger partial charge in [-0.2, -0.15) is 0 Å². The quantitative estimate of drug-likeness (QED) is 0.493. The van der Waals surface area contributed by atoms with Crippen molar-refractivity contribution in [3.8, 4) is 0 Å². The van der Waals surface area contributed by atoms with Gasteiger partial charge in [0.1, 0.15) is 0 Å². The van der Waals surface area contributed by atoms with Gasteiger partial charge in [-0.15, -0.1) is 0 Å². The van der Waals surface area contributed by atoms with Gasteiger partial charge in [0.25, 0.3) is 0 Å². The Balaban J connectivity index is 2.00. The van der Waals surface area contributed by atoms with E-state index in [9.17, 15) is 9.59 Å². The van der Waals surface area contributed by atoms with Crippen molar-refractivity contribution in [3.63, 3.8) is 0 Å². The molecule has 0 aliphatic heterocycles. The molecule has 0 amide bonds. The van der Waals surface area contributed by atoms with Crippen LogP contribution in [-0.4, -0.2) is 18.4 Å². The average molecular weight is 224 g/mol. The number of hydrogen-bond acceptors (Lipinski definition) is 3. The molecular formula is C13H20O3. The molecule has 3 heteroatoms. The number of allylic oxidation sites excluding steroid dienone is 2. The van der Waals surface area contributed by atoms with Gasteiger partial charge in [0.05, 0.1) is 6.61 Å². The minimum atomic E-state index is -0.112. The van der Waals surface area contributed by atoms with E-state index in [1.54, 1.807) is 0 Å². The number of Topliss-reactive ketones (excluding diaryl/α,β-unsaturated/α-hetero) is 1. The molecule has 0 radical (unpaired) electrons. The molecule has 1 aliphatic carbocycles. The smallest absolute Gasteiger partial charge is 0.305 e. The fraction of sp³-hybridized carbons (Fsp3) is 0.692. The zero-order valence-corrected chi connectivity index (χ0v) is 9.96. The summed E-state index contributed by atoms with van der Waals surface area (Å²) in [5.41, 5.74) is 0.996. The van der Waals surface area contributed by atoms with E-state index in [4.69, 9.17) is 4.74 Å². The van der Waals surface area contributed by atoms with Crippen molar-refractivity contribution in [1.29, 1.82) is 0 Å². The lowest BCUT2D eigenvalue weighted by molar-refractivity contribution is -0.143. The second kappa shape index (κ2) is 7.20. The van der Waals surface area contributed by atoms with Gasteiger partial charge >= 0.3 is 5.97 Å². The number of ketones is 1. The van der Waals surface area contributed by atoms with Crippen LogP contribution in [0.1, 0.15) is 51.9 Å². The maximum absolute atomic E-state index is 11.3. The van der Waals surface area contributed by atoms with Crippen LogP contribution in [0.5, 0.6) is 0 Å². The topological polar surface area (TPSA) is 43.4 Å². The van der Waals surface area contributed by atoms with Crippen molar-refractivity contribution in [2.24, 2.45) is 0 Å². The Hall–Kier alpha value is -1.12. The molecule has 0 bridgehead atoms. The molecule has 90 valence electrons. The van der Waals surface area contributed by atoms with Crippen LogP contribution in [0.2, 0.25) is 0 Å². The number of unbranched alkanes of at least 4 members (excludes halogenated alkanes) is 2. The molecule has 3 nitrogen and oxygen atoms in total. The van der Waals surface area contributed by atoms with Crippen LogP contribution in [-0.2, 0) is 14.3 Å². The van der Waals surface area contributed by atoms with E-state index in [2.05, 4.69) is 0 Å². The van der Waals surface area contributed by atoms with Crippen LogP contribution in [0, 0.1) is 0 Å². The monoisotopic (exact) mass is 224 g/mol. The Kier molecular flexibility index (Phi) is 5.83. The standard InChI is InChI=1S/C13H20O3/c1-2-16-13(15)10-5-3-4-7-11-8-6-9-12(11)14/h8H,2-7,9-10H2,1H3. The zero-order valence-electron chi connectivity index (χ0n) is 9.96. The highest BCUT2D eigenvalue weighted by Gasteiger charge is 2.13. The summed E-state index contributed by atoms with van der Waals surface area (Å²) < 4.78 is 4.83. The number of carbonyl (C=O) groups excluding carboxylic acids is 2. The fourth-order valence-electron chi connectivity index (χ4n) is 1.89. The van der Waals surface area contributed by atoms with E-state index >= 15 is 0 Å². The average Bonchev–Trinajstić information content (AvgIpc) is 2.64. The molecule has 0 aromatic carbocycles. The molecule has 0 atom stereocenters. The van der Waals surface area contributed by atoms with Crippen molar-refractivity contribution in [1.82, 2.24) is 0 Å². The normalized spacial score (nSPS) is 15.1. The Morgan fingerprint density at radius 1 is 1.38 bits per heavy atom. The molecule has 0 saturated heterocycles. The Labute approximate surface area is 96.9 Å². The van der Waals surface area contributed by atoms with Crippen molar-refractivity contribution in [2.75, 3.05) is 6.61 Å². The lowest BCUT2D eigenvalue weighted by Gasteiger charge is -2.02. The van der Waals surface area contributed by atoms with Gasteiger partial charge in [0.15, 0.2) is 5.78 Å². The summed E-state index contributed by atoms with van der Waals surface area (Å²) >= 11 is 0. The van der Waals surface area contributed by atoms with E-state index in [1.807, 2.05) is 13.0 Å². The first-order chi connectivity index (χ1) is 7.74. The van der Waals surface area contributed by atoms with Crippen LogP contribution in [0.4, 0.5) is 0 Å². The van der Waals surface area contributed by atoms with Gasteiger partial charge in [-0.25, -0.2) is 0 Å². The summed E-state index contributed by atoms with van der Waals surface area (Å²) in [7, 11) is 0. The molecule has 1 aliphatic rings. The maximum Gasteiger partial charge on any atom is 0.305 e. The molecular weight excluding hydrogens is 204 g/mol. The van der Waals surface area contributed by atoms with Crippen LogP contribution in [0.25, 0.3) is 0 Å². The third-order valence-corrected chi connectivity index (χ3v) is 2.75. The van der Waals surface area contributed by atoms with Crippen molar-refractivity contribution < 1.29 is 14.3 Å². The van der Waals surface area contributed by atoms with Crippen molar-refractivity contribution in [2.45, 2.75) is 51.9 Å². The van der Waals surface area contributed by atoms with E-state index in [-0.39, 0.29) is 5.97 Å². The second-order valence-corrected chi connectivity index (χ2v) is 4.06. The van der Waals surface area contributed by atoms with Crippen molar-refractivity contribution in [3.05, 3.63) is 11.6 Å². The lowest BCUT2D eigenvalue weighted by Crippen LogP contribution is -2.03. The number of carbonyl (C=O) groups is 2. The SMILES string of the molecule is CCOC(=O)CCCCCC1=CCCC1=O. The van der Waals surface area contributed by atoms with Gasteiger partial charge in [-0.05, 0) is 38.2 Å². The van der Waals surface area contributed by atoms with Crippen LogP contribution < -0.4 is 0 Å². The summed E-state index contributed by atoms with van der Waals surface area (Å²) in [5, 5.41) is 0. The second-order valence-electron chi connectivity index (χ2n) is 4.06. The van der Waals surface area contributed by atoms with E-state index in [0.717, 1.165) is 37.7 Å². The van der Waals surface area contributed by atoms with Gasteiger partial charge in [0.2, 0.25) is 0 Å². The molecule has 0 N–H and O–H groups in total. The van der Waals surface area contributed by atoms with Crippen LogP contribution in [0.3, 0.4) is 0 Å². The summed E-state index contributed by atoms with van der Waals surface area (Å²) in [6, 6.07) is 0. The predicted molar refractivity (Wildman–Crippen MR) is 62.0 cm³/mol. The van der Waals surface area contributed by atoms with Crippen LogP contribution >= 0.6 is 0 Å². The Morgan fingerprint density at radius 3 is 2.81 bits per heavy atom. The maximum atomic E-state index is 11.3. The van der Waals surface area contributed by atoms with Crippen molar-refractivity contribution >= 4 is 11.8 Å².